The summed E-state index contributed by atoms with van der Waals surface area (Å²) in [5.74, 6) is 0.762. The van der Waals surface area contributed by atoms with Crippen molar-refractivity contribution < 1.29 is 9.53 Å². The molecule has 1 fully saturated rings. The van der Waals surface area contributed by atoms with Crippen molar-refractivity contribution in [2.45, 2.75) is 18.9 Å². The Morgan fingerprint density at radius 1 is 1.56 bits per heavy atom. The quantitative estimate of drug-likeness (QED) is 0.866. The monoisotopic (exact) mass is 283 g/mol. The molecule has 0 amide bonds. The Labute approximate surface area is 103 Å². The third kappa shape index (κ3) is 2.28. The summed E-state index contributed by atoms with van der Waals surface area (Å²) in [7, 11) is 1.59. The van der Waals surface area contributed by atoms with Crippen LogP contribution in [0.25, 0.3) is 0 Å². The molecule has 1 aliphatic rings. The standard InChI is InChI=1S/C12H14BrNO2/c1-16-11-5-4-8(13)7-9(11)12(15)10-3-2-6-14-10/h4-5,7,10,14H,2-3,6H2,1H3. The zero-order chi connectivity index (χ0) is 11.5. The molecule has 0 bridgehead atoms. The SMILES string of the molecule is COc1ccc(Br)cc1C(=O)C1CCCN1. The molecule has 0 radical (unpaired) electrons. The number of ketones is 1. The number of rotatable bonds is 3. The van der Waals surface area contributed by atoms with Crippen LogP contribution in [0.4, 0.5) is 0 Å². The number of methoxy groups -OCH3 is 1. The average Bonchev–Trinajstić information content (AvgIpc) is 2.81. The van der Waals surface area contributed by atoms with E-state index in [2.05, 4.69) is 21.2 Å². The van der Waals surface area contributed by atoms with E-state index in [1.54, 1.807) is 7.11 Å². The van der Waals surface area contributed by atoms with Gasteiger partial charge in [0.2, 0.25) is 0 Å². The van der Waals surface area contributed by atoms with Gasteiger partial charge in [-0.2, -0.15) is 0 Å². The van der Waals surface area contributed by atoms with Crippen LogP contribution in [0.15, 0.2) is 22.7 Å². The highest BCUT2D eigenvalue weighted by atomic mass is 79.9. The van der Waals surface area contributed by atoms with Crippen LogP contribution < -0.4 is 10.1 Å². The Balaban J connectivity index is 2.30. The van der Waals surface area contributed by atoms with Gasteiger partial charge in [0, 0.05) is 4.47 Å². The van der Waals surface area contributed by atoms with Crippen LogP contribution in [0.1, 0.15) is 23.2 Å². The second-order valence-corrected chi connectivity index (χ2v) is 4.77. The molecule has 1 aromatic rings. The Morgan fingerprint density at radius 3 is 3.00 bits per heavy atom. The molecule has 1 unspecified atom stereocenters. The van der Waals surface area contributed by atoms with Gasteiger partial charge in [-0.3, -0.25) is 4.79 Å². The van der Waals surface area contributed by atoms with Gasteiger partial charge in [-0.15, -0.1) is 0 Å². The Morgan fingerprint density at radius 2 is 2.38 bits per heavy atom. The van der Waals surface area contributed by atoms with Crippen LogP contribution in [0.5, 0.6) is 5.75 Å². The molecule has 1 saturated heterocycles. The molecule has 2 rings (SSSR count). The Kier molecular flexibility index (Phi) is 3.61. The van der Waals surface area contributed by atoms with Crippen molar-refractivity contribution in [2.75, 3.05) is 13.7 Å². The van der Waals surface area contributed by atoms with E-state index in [9.17, 15) is 4.79 Å². The van der Waals surface area contributed by atoms with Gasteiger partial charge in [0.15, 0.2) is 5.78 Å². The number of carbonyl (C=O) groups is 1. The van der Waals surface area contributed by atoms with Crippen molar-refractivity contribution in [2.24, 2.45) is 0 Å². The average molecular weight is 284 g/mol. The molecular formula is C12H14BrNO2. The van der Waals surface area contributed by atoms with E-state index in [-0.39, 0.29) is 11.8 Å². The summed E-state index contributed by atoms with van der Waals surface area (Å²) in [5.41, 5.74) is 0.649. The number of carbonyl (C=O) groups excluding carboxylic acids is 1. The summed E-state index contributed by atoms with van der Waals surface area (Å²) in [6.07, 6.45) is 1.97. The lowest BCUT2D eigenvalue weighted by atomic mass is 10.0. The molecule has 0 spiro atoms. The number of benzene rings is 1. The number of halogens is 1. The summed E-state index contributed by atoms with van der Waals surface area (Å²) in [6.45, 7) is 0.923. The number of hydrogen-bond donors (Lipinski definition) is 1. The molecule has 0 aromatic heterocycles. The van der Waals surface area contributed by atoms with E-state index < -0.39 is 0 Å². The fourth-order valence-electron chi connectivity index (χ4n) is 1.97. The molecule has 1 atom stereocenters. The van der Waals surface area contributed by atoms with Crippen molar-refractivity contribution in [3.8, 4) is 5.75 Å². The minimum atomic E-state index is -0.0526. The molecule has 1 aromatic carbocycles. The lowest BCUT2D eigenvalue weighted by molar-refractivity contribution is 0.0949. The van der Waals surface area contributed by atoms with E-state index in [4.69, 9.17) is 4.74 Å². The predicted octanol–water partition coefficient (Wildman–Crippen LogP) is 2.39. The number of Topliss-reactive ketones (excluding diaryl/α,β-unsaturated/α-hetero) is 1. The van der Waals surface area contributed by atoms with Gasteiger partial charge in [-0.1, -0.05) is 15.9 Å². The van der Waals surface area contributed by atoms with Crippen molar-refractivity contribution in [1.82, 2.24) is 5.32 Å². The number of ether oxygens (including phenoxy) is 1. The molecule has 1 N–H and O–H groups in total. The smallest absolute Gasteiger partial charge is 0.183 e. The molecule has 1 heterocycles. The fourth-order valence-corrected chi connectivity index (χ4v) is 2.33. The van der Waals surface area contributed by atoms with Gasteiger partial charge in [0.05, 0.1) is 18.7 Å². The first-order valence-electron chi connectivity index (χ1n) is 5.33. The normalized spacial score (nSPS) is 19.8. The second-order valence-electron chi connectivity index (χ2n) is 3.86. The molecule has 1 aliphatic heterocycles. The van der Waals surface area contributed by atoms with Gasteiger partial charge >= 0.3 is 0 Å². The lowest BCUT2D eigenvalue weighted by Gasteiger charge is -2.12. The minimum absolute atomic E-state index is 0.0526. The van der Waals surface area contributed by atoms with E-state index in [0.717, 1.165) is 23.9 Å². The first kappa shape index (κ1) is 11.6. The first-order chi connectivity index (χ1) is 7.72. The summed E-state index contributed by atoms with van der Waals surface area (Å²) in [6, 6.07) is 5.45. The van der Waals surface area contributed by atoms with Crippen molar-refractivity contribution in [1.29, 1.82) is 0 Å². The highest BCUT2D eigenvalue weighted by Crippen LogP contribution is 2.25. The van der Waals surface area contributed by atoms with Crippen molar-refractivity contribution in [3.63, 3.8) is 0 Å². The topological polar surface area (TPSA) is 38.3 Å². The van der Waals surface area contributed by atoms with Crippen LogP contribution >= 0.6 is 15.9 Å². The highest BCUT2D eigenvalue weighted by Gasteiger charge is 2.25. The van der Waals surface area contributed by atoms with Crippen LogP contribution in [0, 0.1) is 0 Å². The van der Waals surface area contributed by atoms with Crippen LogP contribution in [-0.2, 0) is 0 Å². The van der Waals surface area contributed by atoms with Crippen LogP contribution in [0.3, 0.4) is 0 Å². The summed E-state index contributed by atoms with van der Waals surface area (Å²) < 4.78 is 6.11. The maximum Gasteiger partial charge on any atom is 0.183 e. The minimum Gasteiger partial charge on any atom is -0.496 e. The van der Waals surface area contributed by atoms with Crippen LogP contribution in [-0.4, -0.2) is 25.5 Å². The van der Waals surface area contributed by atoms with Crippen molar-refractivity contribution >= 4 is 21.7 Å². The molecule has 3 nitrogen and oxygen atoms in total. The van der Waals surface area contributed by atoms with E-state index in [1.807, 2.05) is 18.2 Å². The number of hydrogen-bond acceptors (Lipinski definition) is 3. The Hall–Kier alpha value is -0.870. The van der Waals surface area contributed by atoms with E-state index >= 15 is 0 Å². The maximum absolute atomic E-state index is 12.2. The maximum atomic E-state index is 12.2. The summed E-state index contributed by atoms with van der Waals surface area (Å²) in [5, 5.41) is 3.21. The molecule has 86 valence electrons. The third-order valence-corrected chi connectivity index (χ3v) is 3.30. The predicted molar refractivity (Wildman–Crippen MR) is 66.0 cm³/mol. The molecule has 4 heteroatoms. The zero-order valence-corrected chi connectivity index (χ0v) is 10.7. The van der Waals surface area contributed by atoms with Gasteiger partial charge in [0.25, 0.3) is 0 Å². The van der Waals surface area contributed by atoms with Gasteiger partial charge in [-0.25, -0.2) is 0 Å². The molecular weight excluding hydrogens is 270 g/mol. The summed E-state index contributed by atoms with van der Waals surface area (Å²) >= 11 is 3.37. The van der Waals surface area contributed by atoms with Gasteiger partial charge in [-0.05, 0) is 37.6 Å². The fraction of sp³-hybridized carbons (Fsp3) is 0.417. The zero-order valence-electron chi connectivity index (χ0n) is 9.13. The largest absolute Gasteiger partial charge is 0.496 e. The van der Waals surface area contributed by atoms with Gasteiger partial charge in [0.1, 0.15) is 5.75 Å². The van der Waals surface area contributed by atoms with E-state index in [0.29, 0.717) is 11.3 Å². The first-order valence-corrected chi connectivity index (χ1v) is 6.13. The third-order valence-electron chi connectivity index (χ3n) is 2.80. The van der Waals surface area contributed by atoms with Crippen LogP contribution in [0.2, 0.25) is 0 Å². The molecule has 16 heavy (non-hydrogen) atoms. The molecule has 0 aliphatic carbocycles. The lowest BCUT2D eigenvalue weighted by Crippen LogP contribution is -2.31. The number of nitrogens with one attached hydrogen (secondary N) is 1. The van der Waals surface area contributed by atoms with Crippen molar-refractivity contribution in [3.05, 3.63) is 28.2 Å². The highest BCUT2D eigenvalue weighted by molar-refractivity contribution is 9.10. The molecule has 0 saturated carbocycles. The summed E-state index contributed by atoms with van der Waals surface area (Å²) in [4.78, 5) is 12.2. The Bertz CT molecular complexity index is 400. The second kappa shape index (κ2) is 4.97. The van der Waals surface area contributed by atoms with Gasteiger partial charge < -0.3 is 10.1 Å². The van der Waals surface area contributed by atoms with E-state index in [1.165, 1.54) is 0 Å².